The molecule has 0 saturated heterocycles. The van der Waals surface area contributed by atoms with E-state index >= 15 is 0 Å². The average molecular weight is 267 g/mol. The van der Waals surface area contributed by atoms with Crippen molar-refractivity contribution in [1.29, 1.82) is 0 Å². The number of benzene rings is 1. The van der Waals surface area contributed by atoms with Gasteiger partial charge >= 0.3 is 0 Å². The summed E-state index contributed by atoms with van der Waals surface area (Å²) in [5.74, 6) is 0.208. The van der Waals surface area contributed by atoms with Gasteiger partial charge in [-0.25, -0.2) is 0 Å². The first-order chi connectivity index (χ1) is 9.48. The van der Waals surface area contributed by atoms with Gasteiger partial charge in [0.2, 0.25) is 0 Å². The summed E-state index contributed by atoms with van der Waals surface area (Å²) < 4.78 is 0. The number of aromatic nitrogens is 1. The number of aryl methyl sites for hydroxylation is 1. The minimum Gasteiger partial charge on any atom is -0.294 e. The number of Topliss-reactive ketones (excluding diaryl/α,β-unsaturated/α-hetero) is 1. The van der Waals surface area contributed by atoms with Crippen molar-refractivity contribution in [2.75, 3.05) is 0 Å². The topological polar surface area (TPSA) is 30.0 Å². The lowest BCUT2D eigenvalue weighted by atomic mass is 9.82. The molecule has 0 N–H and O–H groups in total. The molecule has 104 valence electrons. The Morgan fingerprint density at radius 3 is 2.50 bits per heavy atom. The molecule has 0 aliphatic heterocycles. The zero-order chi connectivity index (χ0) is 14.6. The molecule has 0 unspecified atom stereocenters. The van der Waals surface area contributed by atoms with Crippen LogP contribution in [0.2, 0.25) is 0 Å². The fourth-order valence-electron chi connectivity index (χ4n) is 2.32. The van der Waals surface area contributed by atoms with Crippen LogP contribution >= 0.6 is 0 Å². The van der Waals surface area contributed by atoms with E-state index in [1.165, 1.54) is 0 Å². The molecule has 0 bridgehead atoms. The normalized spacial score (nSPS) is 11.3. The molecule has 2 rings (SSSR count). The number of ketones is 1. The van der Waals surface area contributed by atoms with Crippen molar-refractivity contribution in [3.8, 4) is 0 Å². The minimum atomic E-state index is -0.0133. The smallest absolute Gasteiger partial charge is 0.163 e. The molecule has 20 heavy (non-hydrogen) atoms. The van der Waals surface area contributed by atoms with Gasteiger partial charge in [-0.3, -0.25) is 9.78 Å². The van der Waals surface area contributed by atoms with E-state index in [9.17, 15) is 4.79 Å². The number of pyridine rings is 1. The largest absolute Gasteiger partial charge is 0.294 e. The number of nitrogens with zero attached hydrogens (tertiary/aromatic N) is 1. The number of hydrogen-bond donors (Lipinski definition) is 0. The van der Waals surface area contributed by atoms with Crippen LogP contribution in [0.25, 0.3) is 0 Å². The van der Waals surface area contributed by atoms with Crippen molar-refractivity contribution >= 4 is 5.78 Å². The molecule has 1 aromatic carbocycles. The van der Waals surface area contributed by atoms with E-state index in [0.29, 0.717) is 6.42 Å². The number of carbonyl (C=O) groups excluding carboxylic acids is 1. The summed E-state index contributed by atoms with van der Waals surface area (Å²) in [6, 6.07) is 11.8. The summed E-state index contributed by atoms with van der Waals surface area (Å²) in [7, 11) is 0. The predicted molar refractivity (Wildman–Crippen MR) is 82.0 cm³/mol. The molecule has 0 saturated carbocycles. The average Bonchev–Trinajstić information content (AvgIpc) is 2.45. The molecule has 2 heteroatoms. The highest BCUT2D eigenvalue weighted by molar-refractivity contribution is 5.97. The molecule has 0 amide bonds. The summed E-state index contributed by atoms with van der Waals surface area (Å²) in [5.41, 5.74) is 3.06. The van der Waals surface area contributed by atoms with Crippen LogP contribution in [0.3, 0.4) is 0 Å². The van der Waals surface area contributed by atoms with E-state index in [1.54, 1.807) is 6.20 Å². The Kier molecular flexibility index (Phi) is 4.33. The number of carbonyl (C=O) groups is 1. The summed E-state index contributed by atoms with van der Waals surface area (Å²) in [5, 5.41) is 0. The van der Waals surface area contributed by atoms with Gasteiger partial charge in [-0.1, -0.05) is 51.1 Å². The summed E-state index contributed by atoms with van der Waals surface area (Å²) in [6.45, 7) is 6.42. The molecule has 2 nitrogen and oxygen atoms in total. The monoisotopic (exact) mass is 267 g/mol. The zero-order valence-corrected chi connectivity index (χ0v) is 12.4. The third-order valence-corrected chi connectivity index (χ3v) is 3.40. The lowest BCUT2D eigenvalue weighted by Crippen LogP contribution is -2.17. The first-order valence-corrected chi connectivity index (χ1v) is 7.00. The van der Waals surface area contributed by atoms with E-state index in [2.05, 4.69) is 31.8 Å². The fourth-order valence-corrected chi connectivity index (χ4v) is 2.32. The van der Waals surface area contributed by atoms with Crippen molar-refractivity contribution in [2.24, 2.45) is 0 Å². The first-order valence-electron chi connectivity index (χ1n) is 7.00. The third kappa shape index (κ3) is 3.53. The lowest BCUT2D eigenvalue weighted by Gasteiger charge is -2.22. The highest BCUT2D eigenvalue weighted by Crippen LogP contribution is 2.26. The van der Waals surface area contributed by atoms with E-state index in [0.717, 1.165) is 23.1 Å². The summed E-state index contributed by atoms with van der Waals surface area (Å²) in [4.78, 5) is 16.5. The third-order valence-electron chi connectivity index (χ3n) is 3.40. The van der Waals surface area contributed by atoms with Crippen LogP contribution < -0.4 is 0 Å². The molecule has 0 fully saturated rings. The molecular formula is C18H21NO. The van der Waals surface area contributed by atoms with Gasteiger partial charge < -0.3 is 0 Å². The maximum absolute atomic E-state index is 12.5. The Bertz CT molecular complexity index is 582. The SMILES string of the molecule is CC(C)(C)c1ccccc1C(=O)CCc1cccnc1. The Labute approximate surface area is 120 Å². The molecule has 0 atom stereocenters. The van der Waals surface area contributed by atoms with Gasteiger partial charge in [0.1, 0.15) is 0 Å². The molecule has 0 radical (unpaired) electrons. The lowest BCUT2D eigenvalue weighted by molar-refractivity contribution is 0.0980. The number of rotatable bonds is 4. The Morgan fingerprint density at radius 1 is 1.10 bits per heavy atom. The van der Waals surface area contributed by atoms with Gasteiger partial charge in [-0.15, -0.1) is 0 Å². The first kappa shape index (κ1) is 14.4. The van der Waals surface area contributed by atoms with Crippen LogP contribution in [0, 0.1) is 0 Å². The van der Waals surface area contributed by atoms with Gasteiger partial charge in [0.25, 0.3) is 0 Å². The van der Waals surface area contributed by atoms with Crippen molar-refractivity contribution in [1.82, 2.24) is 4.98 Å². The highest BCUT2D eigenvalue weighted by Gasteiger charge is 2.20. The van der Waals surface area contributed by atoms with Crippen molar-refractivity contribution < 1.29 is 4.79 Å². The van der Waals surface area contributed by atoms with Crippen LogP contribution in [0.5, 0.6) is 0 Å². The molecule has 2 aromatic rings. The molecule has 0 spiro atoms. The van der Waals surface area contributed by atoms with Gasteiger partial charge in [-0.2, -0.15) is 0 Å². The van der Waals surface area contributed by atoms with Crippen molar-refractivity contribution in [3.05, 3.63) is 65.5 Å². The van der Waals surface area contributed by atoms with Crippen LogP contribution in [0.15, 0.2) is 48.8 Å². The standard InChI is InChI=1S/C18H21NO/c1-18(2,3)16-9-5-4-8-15(16)17(20)11-10-14-7-6-12-19-13-14/h4-9,12-13H,10-11H2,1-3H3. The molecular weight excluding hydrogens is 246 g/mol. The Morgan fingerprint density at radius 2 is 1.85 bits per heavy atom. The van der Waals surface area contributed by atoms with E-state index < -0.39 is 0 Å². The predicted octanol–water partition coefficient (Wildman–Crippen LogP) is 4.19. The summed E-state index contributed by atoms with van der Waals surface area (Å²) in [6.07, 6.45) is 4.84. The van der Waals surface area contributed by atoms with Crippen molar-refractivity contribution in [3.63, 3.8) is 0 Å². The van der Waals surface area contributed by atoms with Gasteiger partial charge in [0.05, 0.1) is 0 Å². The van der Waals surface area contributed by atoms with Crippen LogP contribution in [-0.2, 0) is 11.8 Å². The molecule has 0 aliphatic carbocycles. The van der Waals surface area contributed by atoms with Crippen LogP contribution in [0.4, 0.5) is 0 Å². The Hall–Kier alpha value is -1.96. The maximum atomic E-state index is 12.5. The second kappa shape index (κ2) is 6.00. The second-order valence-electron chi connectivity index (χ2n) is 6.08. The van der Waals surface area contributed by atoms with Crippen LogP contribution in [0.1, 0.15) is 48.7 Å². The molecule has 1 heterocycles. The van der Waals surface area contributed by atoms with E-state index in [-0.39, 0.29) is 11.2 Å². The fraction of sp³-hybridized carbons (Fsp3) is 0.333. The van der Waals surface area contributed by atoms with E-state index in [4.69, 9.17) is 0 Å². The number of hydrogen-bond acceptors (Lipinski definition) is 2. The van der Waals surface area contributed by atoms with E-state index in [1.807, 2.05) is 36.5 Å². The van der Waals surface area contributed by atoms with Gasteiger partial charge in [0.15, 0.2) is 5.78 Å². The molecule has 0 aliphatic rings. The Balaban J connectivity index is 2.14. The zero-order valence-electron chi connectivity index (χ0n) is 12.4. The maximum Gasteiger partial charge on any atom is 0.163 e. The van der Waals surface area contributed by atoms with Crippen LogP contribution in [-0.4, -0.2) is 10.8 Å². The van der Waals surface area contributed by atoms with Gasteiger partial charge in [-0.05, 0) is 29.0 Å². The summed E-state index contributed by atoms with van der Waals surface area (Å²) >= 11 is 0. The van der Waals surface area contributed by atoms with Crippen molar-refractivity contribution in [2.45, 2.75) is 39.0 Å². The molecule has 1 aromatic heterocycles. The second-order valence-corrected chi connectivity index (χ2v) is 6.08. The quantitative estimate of drug-likeness (QED) is 0.777. The minimum absolute atomic E-state index is 0.0133. The highest BCUT2D eigenvalue weighted by atomic mass is 16.1. The van der Waals surface area contributed by atoms with Gasteiger partial charge in [0, 0.05) is 24.4 Å².